The van der Waals surface area contributed by atoms with Gasteiger partial charge in [-0.05, 0) is 37.5 Å². The standard InChI is InChI=1S/C18H17F4N3O2/c19-13-9-11(17(26)24-6-1-2-7-24)3-4-14(13)25-15-10-27-8-5-12(15)16(23-25)18(20,21)22/h3-4,9H,1-2,5-8,10H2. The van der Waals surface area contributed by atoms with Crippen LogP contribution in [0.25, 0.3) is 5.69 Å². The van der Waals surface area contributed by atoms with Gasteiger partial charge >= 0.3 is 6.18 Å². The Bertz CT molecular complexity index is 885. The van der Waals surface area contributed by atoms with E-state index in [9.17, 15) is 22.4 Å². The number of halogens is 4. The number of rotatable bonds is 2. The number of hydrogen-bond acceptors (Lipinski definition) is 3. The molecule has 144 valence electrons. The van der Waals surface area contributed by atoms with Gasteiger partial charge in [0.25, 0.3) is 5.91 Å². The van der Waals surface area contributed by atoms with Crippen molar-refractivity contribution in [2.75, 3.05) is 19.7 Å². The molecule has 3 heterocycles. The summed E-state index contributed by atoms with van der Waals surface area (Å²) in [6.45, 7) is 1.34. The number of ether oxygens (including phenoxy) is 1. The third kappa shape index (κ3) is 3.20. The summed E-state index contributed by atoms with van der Waals surface area (Å²) in [5.41, 5.74) is -0.759. The van der Waals surface area contributed by atoms with E-state index in [-0.39, 0.29) is 48.0 Å². The number of nitrogens with zero attached hydrogens (tertiary/aromatic N) is 3. The number of alkyl halides is 3. The summed E-state index contributed by atoms with van der Waals surface area (Å²) < 4.78 is 60.8. The van der Waals surface area contributed by atoms with E-state index < -0.39 is 17.7 Å². The van der Waals surface area contributed by atoms with Crippen molar-refractivity contribution in [3.05, 3.63) is 46.5 Å². The van der Waals surface area contributed by atoms with E-state index in [1.807, 2.05) is 0 Å². The molecule has 0 radical (unpaired) electrons. The lowest BCUT2D eigenvalue weighted by Crippen LogP contribution is -2.27. The molecule has 0 N–H and O–H groups in total. The van der Waals surface area contributed by atoms with Crippen molar-refractivity contribution in [2.24, 2.45) is 0 Å². The molecule has 0 saturated carbocycles. The van der Waals surface area contributed by atoms with Crippen LogP contribution in [0.1, 0.15) is 40.2 Å². The van der Waals surface area contributed by atoms with Gasteiger partial charge in [0.2, 0.25) is 0 Å². The third-order valence-electron chi connectivity index (χ3n) is 4.91. The molecule has 27 heavy (non-hydrogen) atoms. The zero-order valence-corrected chi connectivity index (χ0v) is 14.4. The first kappa shape index (κ1) is 18.0. The molecule has 9 heteroatoms. The normalized spacial score (nSPS) is 17.3. The molecule has 1 amide bonds. The van der Waals surface area contributed by atoms with Crippen LogP contribution in [-0.4, -0.2) is 40.3 Å². The van der Waals surface area contributed by atoms with Crippen LogP contribution in [-0.2, 0) is 23.9 Å². The second kappa shape index (κ2) is 6.63. The predicted octanol–water partition coefficient (Wildman–Crippen LogP) is 3.34. The largest absolute Gasteiger partial charge is 0.435 e. The van der Waals surface area contributed by atoms with Gasteiger partial charge in [-0.15, -0.1) is 0 Å². The lowest BCUT2D eigenvalue weighted by molar-refractivity contribution is -0.142. The Labute approximate surface area is 152 Å². The predicted molar refractivity (Wildman–Crippen MR) is 87.0 cm³/mol. The minimum absolute atomic E-state index is 0.0327. The third-order valence-corrected chi connectivity index (χ3v) is 4.91. The zero-order valence-electron chi connectivity index (χ0n) is 14.4. The highest BCUT2D eigenvalue weighted by Crippen LogP contribution is 2.36. The Morgan fingerprint density at radius 2 is 1.93 bits per heavy atom. The van der Waals surface area contributed by atoms with Gasteiger partial charge in [0.1, 0.15) is 11.5 Å². The van der Waals surface area contributed by atoms with Gasteiger partial charge in [-0.3, -0.25) is 4.79 Å². The van der Waals surface area contributed by atoms with Gasteiger partial charge in [-0.25, -0.2) is 9.07 Å². The fourth-order valence-corrected chi connectivity index (χ4v) is 3.58. The van der Waals surface area contributed by atoms with Crippen molar-refractivity contribution in [3.63, 3.8) is 0 Å². The average Bonchev–Trinajstić information content (AvgIpc) is 3.29. The van der Waals surface area contributed by atoms with Gasteiger partial charge < -0.3 is 9.64 Å². The number of benzene rings is 1. The van der Waals surface area contributed by atoms with Gasteiger partial charge in [-0.2, -0.15) is 18.3 Å². The molecule has 2 aliphatic rings. The number of carbonyl (C=O) groups is 1. The quantitative estimate of drug-likeness (QED) is 0.748. The molecular weight excluding hydrogens is 366 g/mol. The van der Waals surface area contributed by atoms with E-state index in [1.54, 1.807) is 4.90 Å². The first-order chi connectivity index (χ1) is 12.9. The molecule has 2 aliphatic heterocycles. The van der Waals surface area contributed by atoms with Crippen molar-refractivity contribution in [3.8, 4) is 5.69 Å². The summed E-state index contributed by atoms with van der Waals surface area (Å²) in [7, 11) is 0. The summed E-state index contributed by atoms with van der Waals surface area (Å²) in [5.74, 6) is -1.08. The molecule has 0 bridgehead atoms. The number of aromatic nitrogens is 2. The maximum Gasteiger partial charge on any atom is 0.435 e. The Morgan fingerprint density at radius 3 is 2.59 bits per heavy atom. The average molecular weight is 383 g/mol. The molecule has 5 nitrogen and oxygen atoms in total. The van der Waals surface area contributed by atoms with E-state index in [0.717, 1.165) is 23.6 Å². The molecular formula is C18H17F4N3O2. The molecule has 1 aromatic heterocycles. The summed E-state index contributed by atoms with van der Waals surface area (Å²) >= 11 is 0. The lowest BCUT2D eigenvalue weighted by atomic mass is 10.1. The maximum atomic E-state index is 14.7. The van der Waals surface area contributed by atoms with E-state index in [4.69, 9.17) is 4.74 Å². The number of amides is 1. The molecule has 0 spiro atoms. The Morgan fingerprint density at radius 1 is 1.19 bits per heavy atom. The second-order valence-corrected chi connectivity index (χ2v) is 6.65. The van der Waals surface area contributed by atoms with Crippen LogP contribution in [0.5, 0.6) is 0 Å². The number of carbonyl (C=O) groups excluding carboxylic acids is 1. The number of likely N-dealkylation sites (tertiary alicyclic amines) is 1. The van der Waals surface area contributed by atoms with Crippen LogP contribution in [0.4, 0.5) is 17.6 Å². The maximum absolute atomic E-state index is 14.7. The molecule has 0 aliphatic carbocycles. The van der Waals surface area contributed by atoms with E-state index >= 15 is 0 Å². The van der Waals surface area contributed by atoms with Crippen LogP contribution in [0.15, 0.2) is 18.2 Å². The SMILES string of the molecule is O=C(c1ccc(-n2nc(C(F)(F)F)c3c2COCC3)c(F)c1)N1CCCC1. The molecule has 0 unspecified atom stereocenters. The monoisotopic (exact) mass is 383 g/mol. The topological polar surface area (TPSA) is 47.4 Å². The van der Waals surface area contributed by atoms with Gasteiger partial charge in [0.05, 0.1) is 18.9 Å². The first-order valence-electron chi connectivity index (χ1n) is 8.71. The minimum Gasteiger partial charge on any atom is -0.375 e. The van der Waals surface area contributed by atoms with E-state index in [2.05, 4.69) is 5.10 Å². The fraction of sp³-hybridized carbons (Fsp3) is 0.444. The summed E-state index contributed by atoms with van der Waals surface area (Å²) in [6.07, 6.45) is -2.75. The fourth-order valence-electron chi connectivity index (χ4n) is 3.58. The number of hydrogen-bond donors (Lipinski definition) is 0. The highest BCUT2D eigenvalue weighted by atomic mass is 19.4. The van der Waals surface area contributed by atoms with E-state index in [1.165, 1.54) is 12.1 Å². The minimum atomic E-state index is -4.63. The zero-order chi connectivity index (χ0) is 19.2. The second-order valence-electron chi connectivity index (χ2n) is 6.65. The van der Waals surface area contributed by atoms with Gasteiger partial charge in [0, 0.05) is 24.2 Å². The first-order valence-corrected chi connectivity index (χ1v) is 8.71. The van der Waals surface area contributed by atoms with Crippen LogP contribution in [0.3, 0.4) is 0 Å². The van der Waals surface area contributed by atoms with Crippen molar-refractivity contribution >= 4 is 5.91 Å². The molecule has 1 aromatic carbocycles. The van der Waals surface area contributed by atoms with Crippen molar-refractivity contribution < 1.29 is 27.1 Å². The summed E-state index contributed by atoms with van der Waals surface area (Å²) in [5, 5.41) is 3.62. The lowest BCUT2D eigenvalue weighted by Gasteiger charge is -2.17. The van der Waals surface area contributed by atoms with Crippen molar-refractivity contribution in [2.45, 2.75) is 32.0 Å². The van der Waals surface area contributed by atoms with Crippen LogP contribution in [0.2, 0.25) is 0 Å². The van der Waals surface area contributed by atoms with Crippen molar-refractivity contribution in [1.82, 2.24) is 14.7 Å². The highest BCUT2D eigenvalue weighted by Gasteiger charge is 2.40. The summed E-state index contributed by atoms with van der Waals surface area (Å²) in [4.78, 5) is 14.0. The van der Waals surface area contributed by atoms with Crippen LogP contribution in [0, 0.1) is 5.82 Å². The Hall–Kier alpha value is -2.42. The molecule has 2 aromatic rings. The smallest absolute Gasteiger partial charge is 0.375 e. The Balaban J connectivity index is 1.74. The van der Waals surface area contributed by atoms with E-state index in [0.29, 0.717) is 13.1 Å². The molecule has 1 saturated heterocycles. The van der Waals surface area contributed by atoms with Crippen LogP contribution >= 0.6 is 0 Å². The molecule has 1 fully saturated rings. The van der Waals surface area contributed by atoms with Crippen molar-refractivity contribution in [1.29, 1.82) is 0 Å². The molecule has 4 rings (SSSR count). The number of fused-ring (bicyclic) bond motifs is 1. The summed E-state index contributed by atoms with van der Waals surface area (Å²) in [6, 6.07) is 3.77. The Kier molecular flexibility index (Phi) is 4.41. The van der Waals surface area contributed by atoms with Crippen LogP contribution < -0.4 is 0 Å². The van der Waals surface area contributed by atoms with Gasteiger partial charge in [0.15, 0.2) is 5.69 Å². The van der Waals surface area contributed by atoms with Gasteiger partial charge in [-0.1, -0.05) is 0 Å². The highest BCUT2D eigenvalue weighted by molar-refractivity contribution is 5.94. The molecule has 0 atom stereocenters.